The van der Waals surface area contributed by atoms with Crippen LogP contribution in [0.5, 0.6) is 0 Å². The predicted molar refractivity (Wildman–Crippen MR) is 71.1 cm³/mol. The summed E-state index contributed by atoms with van der Waals surface area (Å²) in [4.78, 5) is 30.7. The minimum atomic E-state index is -1.04. The molecule has 0 aliphatic heterocycles. The highest BCUT2D eigenvalue weighted by Crippen LogP contribution is 2.16. The Labute approximate surface area is 117 Å². The van der Waals surface area contributed by atoms with Gasteiger partial charge in [0.15, 0.2) is 0 Å². The Hall–Kier alpha value is -2.18. The third-order valence-corrected chi connectivity index (χ3v) is 2.22. The molecule has 0 aromatic carbocycles. The van der Waals surface area contributed by atoms with Gasteiger partial charge in [-0.25, -0.2) is 14.8 Å². The van der Waals surface area contributed by atoms with Crippen LogP contribution in [0.3, 0.4) is 0 Å². The van der Waals surface area contributed by atoms with Crippen LogP contribution in [0, 0.1) is 6.92 Å². The number of nitrogens with one attached hydrogen (secondary N) is 1. The van der Waals surface area contributed by atoms with Crippen molar-refractivity contribution >= 4 is 12.1 Å². The number of ether oxygens (including phenoxy) is 1. The summed E-state index contributed by atoms with van der Waals surface area (Å²) in [7, 11) is 0. The Morgan fingerprint density at radius 1 is 1.45 bits per heavy atom. The lowest BCUT2D eigenvalue weighted by atomic mass is 10.1. The molecule has 1 atom stereocenters. The van der Waals surface area contributed by atoms with E-state index in [4.69, 9.17) is 9.84 Å². The second-order valence-corrected chi connectivity index (χ2v) is 5.33. The fourth-order valence-corrected chi connectivity index (χ4v) is 1.52. The van der Waals surface area contributed by atoms with Crippen molar-refractivity contribution in [3.05, 3.63) is 23.8 Å². The second kappa shape index (κ2) is 6.31. The highest BCUT2D eigenvalue weighted by atomic mass is 16.6. The number of aryl methyl sites for hydroxylation is 1. The number of carboxylic acid groups (broad SMARTS) is 1. The number of carboxylic acids is 1. The van der Waals surface area contributed by atoms with Gasteiger partial charge in [0.25, 0.3) is 0 Å². The maximum atomic E-state index is 11.7. The topological polar surface area (TPSA) is 101 Å². The first-order chi connectivity index (χ1) is 9.17. The van der Waals surface area contributed by atoms with Crippen molar-refractivity contribution < 1.29 is 19.4 Å². The van der Waals surface area contributed by atoms with E-state index in [0.29, 0.717) is 11.5 Å². The van der Waals surface area contributed by atoms with Gasteiger partial charge in [0, 0.05) is 6.20 Å². The average Bonchev–Trinajstić information content (AvgIpc) is 2.24. The molecule has 0 aliphatic carbocycles. The zero-order valence-corrected chi connectivity index (χ0v) is 12.0. The van der Waals surface area contributed by atoms with E-state index in [1.54, 1.807) is 33.8 Å². The summed E-state index contributed by atoms with van der Waals surface area (Å²) in [6.45, 7) is 6.88. The molecule has 0 spiro atoms. The van der Waals surface area contributed by atoms with Crippen molar-refractivity contribution in [1.29, 1.82) is 0 Å². The van der Waals surface area contributed by atoms with Gasteiger partial charge < -0.3 is 15.2 Å². The summed E-state index contributed by atoms with van der Waals surface area (Å²) >= 11 is 0. The molecule has 110 valence electrons. The van der Waals surface area contributed by atoms with Gasteiger partial charge in [-0.2, -0.15) is 0 Å². The summed E-state index contributed by atoms with van der Waals surface area (Å²) in [5, 5.41) is 11.4. The number of carbonyl (C=O) groups excluding carboxylic acids is 1. The van der Waals surface area contributed by atoms with Gasteiger partial charge in [0.2, 0.25) is 0 Å². The average molecular weight is 281 g/mol. The summed E-state index contributed by atoms with van der Waals surface area (Å²) in [6, 6.07) is 0.807. The Balaban J connectivity index is 2.85. The molecule has 0 saturated carbocycles. The molecule has 1 heterocycles. The Morgan fingerprint density at radius 3 is 2.60 bits per heavy atom. The zero-order valence-electron chi connectivity index (χ0n) is 12.0. The fraction of sp³-hybridized carbons (Fsp3) is 0.538. The number of hydrogen-bond donors (Lipinski definition) is 2. The molecule has 20 heavy (non-hydrogen) atoms. The van der Waals surface area contributed by atoms with Crippen LogP contribution in [-0.2, 0) is 9.53 Å². The molecule has 7 heteroatoms. The number of nitrogens with zero attached hydrogens (tertiary/aromatic N) is 2. The van der Waals surface area contributed by atoms with E-state index < -0.39 is 23.7 Å². The van der Waals surface area contributed by atoms with Crippen LogP contribution < -0.4 is 5.32 Å². The largest absolute Gasteiger partial charge is 0.481 e. The fourth-order valence-electron chi connectivity index (χ4n) is 1.52. The van der Waals surface area contributed by atoms with E-state index >= 15 is 0 Å². The van der Waals surface area contributed by atoms with Gasteiger partial charge in [-0.3, -0.25) is 4.79 Å². The molecule has 1 aromatic heterocycles. The molecule has 1 unspecified atom stereocenters. The van der Waals surface area contributed by atoms with Crippen LogP contribution >= 0.6 is 0 Å². The molecular formula is C13H19N3O4. The number of carbonyl (C=O) groups is 2. The van der Waals surface area contributed by atoms with Crippen LogP contribution in [0.4, 0.5) is 4.79 Å². The smallest absolute Gasteiger partial charge is 0.408 e. The molecular weight excluding hydrogens is 262 g/mol. The molecule has 1 amide bonds. The lowest BCUT2D eigenvalue weighted by molar-refractivity contribution is -0.137. The summed E-state index contributed by atoms with van der Waals surface area (Å²) in [5.74, 6) is -0.536. The SMILES string of the molecule is Cc1nccc(C(CC(=O)O)NC(=O)OC(C)(C)C)n1. The third-order valence-electron chi connectivity index (χ3n) is 2.22. The van der Waals surface area contributed by atoms with E-state index in [1.165, 1.54) is 6.20 Å². The Kier molecular flexibility index (Phi) is 5.01. The van der Waals surface area contributed by atoms with E-state index in [1.807, 2.05) is 0 Å². The van der Waals surface area contributed by atoms with Gasteiger partial charge in [-0.05, 0) is 33.8 Å². The van der Waals surface area contributed by atoms with Crippen molar-refractivity contribution in [2.45, 2.75) is 45.8 Å². The van der Waals surface area contributed by atoms with Crippen molar-refractivity contribution in [3.63, 3.8) is 0 Å². The zero-order chi connectivity index (χ0) is 15.3. The number of amides is 1. The maximum absolute atomic E-state index is 11.7. The highest BCUT2D eigenvalue weighted by Gasteiger charge is 2.23. The number of aliphatic carboxylic acids is 1. The molecule has 0 bridgehead atoms. The molecule has 0 saturated heterocycles. The minimum absolute atomic E-state index is 0.282. The first-order valence-corrected chi connectivity index (χ1v) is 6.18. The standard InChI is InChI=1S/C13H19N3O4/c1-8-14-6-5-9(15-8)10(7-11(17)18)16-12(19)20-13(2,3)4/h5-6,10H,7H2,1-4H3,(H,16,19)(H,17,18). The van der Waals surface area contributed by atoms with E-state index in [2.05, 4.69) is 15.3 Å². The van der Waals surface area contributed by atoms with Gasteiger partial charge in [-0.1, -0.05) is 0 Å². The van der Waals surface area contributed by atoms with Gasteiger partial charge in [0.1, 0.15) is 11.4 Å². The molecule has 7 nitrogen and oxygen atoms in total. The molecule has 1 rings (SSSR count). The summed E-state index contributed by atoms with van der Waals surface area (Å²) in [5.41, 5.74) is -0.217. The highest BCUT2D eigenvalue weighted by molar-refractivity contribution is 5.72. The molecule has 0 fully saturated rings. The van der Waals surface area contributed by atoms with Crippen molar-refractivity contribution in [2.24, 2.45) is 0 Å². The van der Waals surface area contributed by atoms with Gasteiger partial charge in [0.05, 0.1) is 18.2 Å². The van der Waals surface area contributed by atoms with E-state index in [0.717, 1.165) is 0 Å². The normalized spacial score (nSPS) is 12.6. The lowest BCUT2D eigenvalue weighted by Gasteiger charge is -2.22. The minimum Gasteiger partial charge on any atom is -0.481 e. The maximum Gasteiger partial charge on any atom is 0.408 e. The Bertz CT molecular complexity index is 497. The monoisotopic (exact) mass is 281 g/mol. The van der Waals surface area contributed by atoms with Crippen molar-refractivity contribution in [2.75, 3.05) is 0 Å². The number of rotatable bonds is 4. The van der Waals surface area contributed by atoms with Gasteiger partial charge >= 0.3 is 12.1 Å². The second-order valence-electron chi connectivity index (χ2n) is 5.33. The van der Waals surface area contributed by atoms with E-state index in [9.17, 15) is 9.59 Å². The Morgan fingerprint density at radius 2 is 2.10 bits per heavy atom. The summed E-state index contributed by atoms with van der Waals surface area (Å²) in [6.07, 6.45) is 0.555. The molecule has 1 aromatic rings. The van der Waals surface area contributed by atoms with Crippen LogP contribution in [0.1, 0.15) is 44.8 Å². The third kappa shape index (κ3) is 5.64. The molecule has 0 aliphatic rings. The molecule has 2 N–H and O–H groups in total. The van der Waals surface area contributed by atoms with Crippen molar-refractivity contribution in [1.82, 2.24) is 15.3 Å². The summed E-state index contributed by atoms with van der Waals surface area (Å²) < 4.78 is 5.12. The van der Waals surface area contributed by atoms with Gasteiger partial charge in [-0.15, -0.1) is 0 Å². The van der Waals surface area contributed by atoms with Crippen LogP contribution in [-0.4, -0.2) is 32.7 Å². The quantitative estimate of drug-likeness (QED) is 0.873. The number of aromatic nitrogens is 2. The number of alkyl carbamates (subject to hydrolysis) is 1. The van der Waals surface area contributed by atoms with Crippen LogP contribution in [0.2, 0.25) is 0 Å². The first-order valence-electron chi connectivity index (χ1n) is 6.18. The first kappa shape index (κ1) is 15.9. The van der Waals surface area contributed by atoms with Crippen LogP contribution in [0.15, 0.2) is 12.3 Å². The number of hydrogen-bond acceptors (Lipinski definition) is 5. The van der Waals surface area contributed by atoms with Crippen molar-refractivity contribution in [3.8, 4) is 0 Å². The van der Waals surface area contributed by atoms with Crippen LogP contribution in [0.25, 0.3) is 0 Å². The molecule has 0 radical (unpaired) electrons. The predicted octanol–water partition coefficient (Wildman–Crippen LogP) is 1.83. The lowest BCUT2D eigenvalue weighted by Crippen LogP contribution is -2.36. The van der Waals surface area contributed by atoms with E-state index in [-0.39, 0.29) is 6.42 Å².